The van der Waals surface area contributed by atoms with E-state index in [2.05, 4.69) is 4.90 Å². The van der Waals surface area contributed by atoms with Crippen LogP contribution in [0, 0.1) is 11.8 Å². The van der Waals surface area contributed by atoms with Crippen LogP contribution in [0.1, 0.15) is 19.8 Å². The monoisotopic (exact) mass is 489 g/mol. The minimum Gasteiger partial charge on any atom is -0.465 e. The van der Waals surface area contributed by atoms with Gasteiger partial charge in [-0.1, -0.05) is 31.2 Å². The first kappa shape index (κ1) is 24.4. The van der Waals surface area contributed by atoms with Crippen LogP contribution < -0.4 is 0 Å². The Morgan fingerprint density at radius 3 is 2.54 bits per heavy atom. The number of carbonyl (C=O) groups excluding carboxylic acids is 3. The molecule has 5 aliphatic heterocycles. The number of β-amino-alcohol motifs (C(OH)–C–C–N with tert-alkyl or cyclic N) is 1. The van der Waals surface area contributed by atoms with Crippen molar-refractivity contribution in [3.05, 3.63) is 24.3 Å². The van der Waals surface area contributed by atoms with Gasteiger partial charge < -0.3 is 29.1 Å². The highest BCUT2D eigenvalue weighted by Gasteiger charge is 2.75. The Kier molecular flexibility index (Phi) is 6.73. The molecule has 5 aliphatic rings. The summed E-state index contributed by atoms with van der Waals surface area (Å²) in [6, 6.07) is -0.950. The zero-order chi connectivity index (χ0) is 24.6. The topological polar surface area (TPSA) is 109 Å². The van der Waals surface area contributed by atoms with Gasteiger partial charge in [-0.05, 0) is 12.8 Å². The van der Waals surface area contributed by atoms with Crippen molar-refractivity contribution >= 4 is 17.8 Å². The average molecular weight is 490 g/mol. The second kappa shape index (κ2) is 9.65. The number of cyclic esters (lactones) is 1. The van der Waals surface area contributed by atoms with E-state index in [4.69, 9.17) is 14.2 Å². The van der Waals surface area contributed by atoms with E-state index < -0.39 is 35.0 Å². The molecule has 0 radical (unpaired) electrons. The SMILES string of the molecule is CC[C@@]12C=CCCOC(=O)[C@@H]1[C@H]1C(=O)N(CCO)C3C(=O)N(CCN4CCOCC4)CC=C[C@@]31O2. The van der Waals surface area contributed by atoms with Crippen LogP contribution in [0.3, 0.4) is 0 Å². The van der Waals surface area contributed by atoms with E-state index in [1.807, 2.05) is 31.2 Å². The molecule has 5 rings (SSSR count). The number of rotatable bonds is 6. The number of aliphatic hydroxyl groups excluding tert-OH is 1. The lowest BCUT2D eigenvalue weighted by Crippen LogP contribution is -2.57. The molecule has 3 fully saturated rings. The number of ether oxygens (including phenoxy) is 3. The van der Waals surface area contributed by atoms with E-state index in [1.54, 1.807) is 4.90 Å². The van der Waals surface area contributed by atoms with Crippen molar-refractivity contribution in [1.29, 1.82) is 0 Å². The molecule has 0 saturated carbocycles. The second-order valence-corrected chi connectivity index (χ2v) is 9.88. The number of amides is 2. The van der Waals surface area contributed by atoms with E-state index in [0.717, 1.165) is 13.1 Å². The first-order valence-electron chi connectivity index (χ1n) is 12.7. The predicted molar refractivity (Wildman–Crippen MR) is 124 cm³/mol. The molecule has 35 heavy (non-hydrogen) atoms. The van der Waals surface area contributed by atoms with Gasteiger partial charge in [-0.3, -0.25) is 19.3 Å². The van der Waals surface area contributed by atoms with E-state index in [9.17, 15) is 19.5 Å². The van der Waals surface area contributed by atoms with Crippen LogP contribution in [-0.4, -0.2) is 121 Å². The summed E-state index contributed by atoms with van der Waals surface area (Å²) in [7, 11) is 0. The number of hydrogen-bond acceptors (Lipinski definition) is 8. The number of fused-ring (bicyclic) bond motifs is 2. The predicted octanol–water partition coefficient (Wildman–Crippen LogP) is -0.427. The summed E-state index contributed by atoms with van der Waals surface area (Å²) in [6.07, 6.45) is 8.57. The maximum atomic E-state index is 14.0. The molecule has 1 spiro atoms. The van der Waals surface area contributed by atoms with E-state index >= 15 is 0 Å². The van der Waals surface area contributed by atoms with E-state index in [0.29, 0.717) is 45.7 Å². The van der Waals surface area contributed by atoms with Crippen molar-refractivity contribution in [2.24, 2.45) is 11.8 Å². The largest absolute Gasteiger partial charge is 0.465 e. The Bertz CT molecular complexity index is 917. The summed E-state index contributed by atoms with van der Waals surface area (Å²) < 4.78 is 17.7. The highest BCUT2D eigenvalue weighted by atomic mass is 16.6. The van der Waals surface area contributed by atoms with Gasteiger partial charge >= 0.3 is 5.97 Å². The molecule has 10 nitrogen and oxygen atoms in total. The zero-order valence-corrected chi connectivity index (χ0v) is 20.3. The minimum atomic E-state index is -1.30. The zero-order valence-electron chi connectivity index (χ0n) is 20.3. The number of carbonyl (C=O) groups is 3. The Morgan fingerprint density at radius 1 is 1.00 bits per heavy atom. The molecule has 0 aromatic carbocycles. The molecule has 2 amide bonds. The molecule has 0 aromatic rings. The standard InChI is InChI=1S/C25H35N3O7/c1-2-24-6-3-4-15-34-23(32)19(24)18-21(30)28(11-14-29)20-22(31)27(8-5-7-25(18,20)35-24)10-9-26-12-16-33-17-13-26/h3,5-7,18-20,29H,2,4,8-17H2,1H3/t18-,19-,20?,24+,25-/m0/s1. The van der Waals surface area contributed by atoms with Crippen LogP contribution in [0.5, 0.6) is 0 Å². The molecule has 5 atom stereocenters. The van der Waals surface area contributed by atoms with Crippen LogP contribution in [0.2, 0.25) is 0 Å². The smallest absolute Gasteiger partial charge is 0.313 e. The molecule has 3 saturated heterocycles. The van der Waals surface area contributed by atoms with Crippen LogP contribution >= 0.6 is 0 Å². The van der Waals surface area contributed by atoms with Crippen LogP contribution in [-0.2, 0) is 28.6 Å². The Morgan fingerprint density at radius 2 is 1.80 bits per heavy atom. The lowest BCUT2D eigenvalue weighted by Gasteiger charge is -2.39. The van der Waals surface area contributed by atoms with Crippen LogP contribution in [0.25, 0.3) is 0 Å². The normalized spacial score (nSPS) is 37.4. The molecular formula is C25H35N3O7. The van der Waals surface area contributed by atoms with Gasteiger partial charge in [0.2, 0.25) is 11.8 Å². The Balaban J connectivity index is 1.51. The van der Waals surface area contributed by atoms with Gasteiger partial charge in [0.05, 0.1) is 32.3 Å². The third-order valence-corrected chi connectivity index (χ3v) is 8.12. The number of esters is 1. The number of morpholine rings is 1. The summed E-state index contributed by atoms with van der Waals surface area (Å²) in [5, 5.41) is 9.76. The van der Waals surface area contributed by atoms with E-state index in [1.165, 1.54) is 4.90 Å². The van der Waals surface area contributed by atoms with Gasteiger partial charge in [0.15, 0.2) is 0 Å². The Hall–Kier alpha value is -2.27. The first-order valence-corrected chi connectivity index (χ1v) is 12.7. The third-order valence-electron chi connectivity index (χ3n) is 8.12. The summed E-state index contributed by atoms with van der Waals surface area (Å²) in [4.78, 5) is 46.6. The highest BCUT2D eigenvalue weighted by Crippen LogP contribution is 2.58. The molecule has 0 aliphatic carbocycles. The van der Waals surface area contributed by atoms with E-state index in [-0.39, 0.29) is 31.6 Å². The number of aliphatic hydroxyl groups is 1. The van der Waals surface area contributed by atoms with Gasteiger partial charge in [-0.25, -0.2) is 0 Å². The molecule has 192 valence electrons. The highest BCUT2D eigenvalue weighted by molar-refractivity contribution is 5.99. The first-order chi connectivity index (χ1) is 17.0. The van der Waals surface area contributed by atoms with Crippen molar-refractivity contribution in [2.45, 2.75) is 37.0 Å². The van der Waals surface area contributed by atoms with Gasteiger partial charge in [0.1, 0.15) is 23.2 Å². The molecule has 10 heteroatoms. The van der Waals surface area contributed by atoms with Gasteiger partial charge in [-0.15, -0.1) is 0 Å². The lowest BCUT2D eigenvalue weighted by molar-refractivity contribution is -0.162. The number of hydrogen-bond donors (Lipinski definition) is 1. The summed E-state index contributed by atoms with van der Waals surface area (Å²) >= 11 is 0. The molecule has 1 unspecified atom stereocenters. The van der Waals surface area contributed by atoms with Crippen molar-refractivity contribution in [2.75, 3.05) is 65.7 Å². The summed E-state index contributed by atoms with van der Waals surface area (Å²) in [5.74, 6) is -2.78. The fourth-order valence-electron chi connectivity index (χ4n) is 6.41. The molecule has 0 bridgehead atoms. The molecule has 0 aromatic heterocycles. The Labute approximate surface area is 205 Å². The second-order valence-electron chi connectivity index (χ2n) is 9.88. The van der Waals surface area contributed by atoms with Crippen molar-refractivity contribution in [3.8, 4) is 0 Å². The van der Waals surface area contributed by atoms with Gasteiger partial charge in [-0.2, -0.15) is 0 Å². The molecular weight excluding hydrogens is 454 g/mol. The van der Waals surface area contributed by atoms with Crippen molar-refractivity contribution in [1.82, 2.24) is 14.7 Å². The third kappa shape index (κ3) is 3.91. The quantitative estimate of drug-likeness (QED) is 0.396. The minimum absolute atomic E-state index is 0.00126. The van der Waals surface area contributed by atoms with Crippen molar-refractivity contribution < 1.29 is 33.7 Å². The molecule has 1 N–H and O–H groups in total. The van der Waals surface area contributed by atoms with Crippen molar-refractivity contribution in [3.63, 3.8) is 0 Å². The summed E-state index contributed by atoms with van der Waals surface area (Å²) in [6.45, 7) is 6.48. The fraction of sp³-hybridized carbons (Fsp3) is 0.720. The fourth-order valence-corrected chi connectivity index (χ4v) is 6.41. The maximum absolute atomic E-state index is 14.0. The maximum Gasteiger partial charge on any atom is 0.313 e. The summed E-state index contributed by atoms with van der Waals surface area (Å²) in [5.41, 5.74) is -2.33. The number of nitrogens with zero attached hydrogens (tertiary/aromatic N) is 3. The number of likely N-dealkylation sites (tertiary alicyclic amines) is 1. The van der Waals surface area contributed by atoms with Crippen LogP contribution in [0.4, 0.5) is 0 Å². The average Bonchev–Trinajstić information content (AvgIpc) is 3.20. The van der Waals surface area contributed by atoms with Gasteiger partial charge in [0, 0.05) is 39.3 Å². The van der Waals surface area contributed by atoms with Gasteiger partial charge in [0.25, 0.3) is 0 Å². The molecule has 5 heterocycles. The lowest BCUT2D eigenvalue weighted by atomic mass is 9.73. The van der Waals surface area contributed by atoms with Crippen LogP contribution in [0.15, 0.2) is 24.3 Å².